The molecule has 1 saturated heterocycles. The molecule has 1 heterocycles. The van der Waals surface area contributed by atoms with E-state index in [-0.39, 0.29) is 22.4 Å². The monoisotopic (exact) mass is 395 g/mol. The number of ether oxygens (including phenoxy) is 1. The van der Waals surface area contributed by atoms with Crippen LogP contribution >= 0.6 is 35.6 Å². The van der Waals surface area contributed by atoms with E-state index < -0.39 is 5.82 Å². The quantitative estimate of drug-likeness (QED) is 0.608. The lowest BCUT2D eigenvalue weighted by Crippen LogP contribution is -2.27. The van der Waals surface area contributed by atoms with Crippen molar-refractivity contribution >= 4 is 57.6 Å². The fourth-order valence-corrected chi connectivity index (χ4v) is 3.78. The predicted molar refractivity (Wildman–Crippen MR) is 102 cm³/mol. The topological polar surface area (TPSA) is 49.8 Å². The first kappa shape index (κ1) is 17.7. The third-order valence-electron chi connectivity index (χ3n) is 3.45. The fourth-order valence-electron chi connectivity index (χ4n) is 2.26. The molecule has 25 heavy (non-hydrogen) atoms. The van der Waals surface area contributed by atoms with Crippen LogP contribution in [0.4, 0.5) is 10.1 Å². The number of methoxy groups -OCH3 is 1. The largest absolute Gasteiger partial charge is 0.503 e. The molecule has 1 fully saturated rings. The maximum atomic E-state index is 13.1. The van der Waals surface area contributed by atoms with Crippen LogP contribution in [-0.2, 0) is 4.79 Å². The molecular formula is C17H11ClFNO3S2. The summed E-state index contributed by atoms with van der Waals surface area (Å²) in [5.41, 5.74) is 1.08. The van der Waals surface area contributed by atoms with Gasteiger partial charge in [-0.15, -0.1) is 0 Å². The predicted octanol–water partition coefficient (Wildman–Crippen LogP) is 4.60. The van der Waals surface area contributed by atoms with E-state index in [4.69, 9.17) is 28.6 Å². The van der Waals surface area contributed by atoms with Gasteiger partial charge >= 0.3 is 0 Å². The Labute approximate surface area is 157 Å². The van der Waals surface area contributed by atoms with Crippen molar-refractivity contribution < 1.29 is 19.0 Å². The van der Waals surface area contributed by atoms with Gasteiger partial charge in [0.1, 0.15) is 5.82 Å². The molecule has 0 spiro atoms. The molecule has 1 amide bonds. The van der Waals surface area contributed by atoms with Gasteiger partial charge in [-0.2, -0.15) is 0 Å². The van der Waals surface area contributed by atoms with Gasteiger partial charge in [0.15, 0.2) is 15.8 Å². The molecule has 4 nitrogen and oxygen atoms in total. The van der Waals surface area contributed by atoms with Crippen LogP contribution in [0, 0.1) is 5.82 Å². The van der Waals surface area contributed by atoms with Crippen LogP contribution in [0.2, 0.25) is 5.02 Å². The number of carbonyl (C=O) groups is 1. The second kappa shape index (κ2) is 7.03. The number of rotatable bonds is 3. The van der Waals surface area contributed by atoms with Gasteiger partial charge in [-0.05, 0) is 48.0 Å². The van der Waals surface area contributed by atoms with Crippen molar-refractivity contribution in [3.8, 4) is 11.5 Å². The van der Waals surface area contributed by atoms with Gasteiger partial charge in [0.05, 0.1) is 22.7 Å². The van der Waals surface area contributed by atoms with E-state index in [1.165, 1.54) is 42.3 Å². The zero-order valence-corrected chi connectivity index (χ0v) is 15.2. The first-order chi connectivity index (χ1) is 11.9. The second-order valence-corrected chi connectivity index (χ2v) is 7.13. The minimum atomic E-state index is -0.393. The zero-order chi connectivity index (χ0) is 18.1. The molecule has 0 aliphatic carbocycles. The lowest BCUT2D eigenvalue weighted by molar-refractivity contribution is -0.113. The number of thioether (sulfide) groups is 1. The molecule has 1 aliphatic heterocycles. The molecule has 0 saturated carbocycles. The van der Waals surface area contributed by atoms with E-state index in [0.29, 0.717) is 20.5 Å². The minimum absolute atomic E-state index is 0.111. The highest BCUT2D eigenvalue weighted by molar-refractivity contribution is 8.27. The highest BCUT2D eigenvalue weighted by atomic mass is 35.5. The number of phenolic OH excluding ortho intramolecular Hbond substituents is 1. The summed E-state index contributed by atoms with van der Waals surface area (Å²) in [5, 5.41) is 9.89. The summed E-state index contributed by atoms with van der Waals surface area (Å²) in [6.07, 6.45) is 1.61. The fraction of sp³-hybridized carbons (Fsp3) is 0.0588. The van der Waals surface area contributed by atoms with E-state index in [9.17, 15) is 14.3 Å². The molecule has 0 atom stereocenters. The summed E-state index contributed by atoms with van der Waals surface area (Å²) in [4.78, 5) is 14.4. The highest BCUT2D eigenvalue weighted by Gasteiger charge is 2.33. The molecule has 0 aromatic heterocycles. The smallest absolute Gasteiger partial charge is 0.270 e. The van der Waals surface area contributed by atoms with Crippen LogP contribution < -0.4 is 9.64 Å². The lowest BCUT2D eigenvalue weighted by Gasteiger charge is -2.14. The van der Waals surface area contributed by atoms with Gasteiger partial charge in [-0.3, -0.25) is 9.69 Å². The number of amides is 1. The number of anilines is 1. The molecule has 1 N–H and O–H groups in total. The summed E-state index contributed by atoms with van der Waals surface area (Å²) < 4.78 is 18.5. The number of hydrogen-bond donors (Lipinski definition) is 1. The van der Waals surface area contributed by atoms with Crippen molar-refractivity contribution in [1.82, 2.24) is 0 Å². The standard InChI is InChI=1S/C17H11ClFNO3S2/c1-23-13-7-9(6-12(18)15(13)21)8-14-16(22)20(17(24)25-14)11-4-2-10(19)3-5-11/h2-8,21H,1H3/b14-8+. The Morgan fingerprint density at radius 2 is 2.00 bits per heavy atom. The van der Waals surface area contributed by atoms with Gasteiger partial charge in [0.2, 0.25) is 0 Å². The van der Waals surface area contributed by atoms with Gasteiger partial charge in [-0.1, -0.05) is 35.6 Å². The average Bonchev–Trinajstić information content (AvgIpc) is 2.85. The molecule has 0 bridgehead atoms. The molecule has 128 valence electrons. The number of carbonyl (C=O) groups excluding carboxylic acids is 1. The highest BCUT2D eigenvalue weighted by Crippen LogP contribution is 2.39. The summed E-state index contributed by atoms with van der Waals surface area (Å²) in [7, 11) is 1.41. The molecule has 0 radical (unpaired) electrons. The van der Waals surface area contributed by atoms with Crippen LogP contribution in [-0.4, -0.2) is 22.4 Å². The molecule has 2 aromatic carbocycles. The number of nitrogens with zero attached hydrogens (tertiary/aromatic N) is 1. The Morgan fingerprint density at radius 3 is 2.64 bits per heavy atom. The number of thiocarbonyl (C=S) groups is 1. The lowest BCUT2D eigenvalue weighted by atomic mass is 10.1. The number of phenols is 1. The van der Waals surface area contributed by atoms with Crippen LogP contribution in [0.25, 0.3) is 6.08 Å². The van der Waals surface area contributed by atoms with Crippen LogP contribution in [0.1, 0.15) is 5.56 Å². The van der Waals surface area contributed by atoms with E-state index >= 15 is 0 Å². The number of hydrogen-bond acceptors (Lipinski definition) is 5. The summed E-state index contributed by atoms with van der Waals surface area (Å²) in [5.74, 6) is -0.673. The number of halogens is 2. The van der Waals surface area contributed by atoms with Gasteiger partial charge < -0.3 is 9.84 Å². The second-order valence-electron chi connectivity index (χ2n) is 5.05. The van der Waals surface area contributed by atoms with E-state index in [1.54, 1.807) is 12.1 Å². The third-order valence-corrected chi connectivity index (χ3v) is 5.04. The molecule has 3 rings (SSSR count). The van der Waals surface area contributed by atoms with Gasteiger partial charge in [-0.25, -0.2) is 4.39 Å². The molecule has 2 aromatic rings. The van der Waals surface area contributed by atoms with E-state index in [2.05, 4.69) is 0 Å². The Kier molecular flexibility index (Phi) is 4.99. The normalized spacial score (nSPS) is 16.0. The summed E-state index contributed by atoms with van der Waals surface area (Å²) >= 11 is 12.4. The first-order valence-electron chi connectivity index (χ1n) is 7.00. The first-order valence-corrected chi connectivity index (χ1v) is 8.61. The van der Waals surface area contributed by atoms with Crippen molar-refractivity contribution in [2.24, 2.45) is 0 Å². The number of benzene rings is 2. The van der Waals surface area contributed by atoms with Gasteiger partial charge in [0.25, 0.3) is 5.91 Å². The minimum Gasteiger partial charge on any atom is -0.503 e. The van der Waals surface area contributed by atoms with Crippen molar-refractivity contribution in [3.63, 3.8) is 0 Å². The van der Waals surface area contributed by atoms with E-state index in [0.717, 1.165) is 11.8 Å². The third kappa shape index (κ3) is 3.49. The Morgan fingerprint density at radius 1 is 1.32 bits per heavy atom. The molecule has 0 unspecified atom stereocenters. The molecular weight excluding hydrogens is 385 g/mol. The summed E-state index contributed by atoms with van der Waals surface area (Å²) in [6.45, 7) is 0. The van der Waals surface area contributed by atoms with Crippen molar-refractivity contribution in [3.05, 3.63) is 57.7 Å². The van der Waals surface area contributed by atoms with Gasteiger partial charge in [0, 0.05) is 0 Å². The molecule has 8 heteroatoms. The Hall–Kier alpha value is -2.09. The Bertz CT molecular complexity index is 900. The van der Waals surface area contributed by atoms with Crippen molar-refractivity contribution in [2.75, 3.05) is 12.0 Å². The summed E-state index contributed by atoms with van der Waals surface area (Å²) in [6, 6.07) is 8.59. The Balaban J connectivity index is 1.95. The van der Waals surface area contributed by atoms with E-state index in [1.807, 2.05) is 0 Å². The van der Waals surface area contributed by atoms with Crippen molar-refractivity contribution in [1.29, 1.82) is 0 Å². The van der Waals surface area contributed by atoms with Crippen LogP contribution in [0.15, 0.2) is 41.3 Å². The molecule has 1 aliphatic rings. The maximum Gasteiger partial charge on any atom is 0.270 e. The van der Waals surface area contributed by atoms with Crippen molar-refractivity contribution in [2.45, 2.75) is 0 Å². The SMILES string of the molecule is COc1cc(/C=C2/SC(=S)N(c3ccc(F)cc3)C2=O)cc(Cl)c1O. The zero-order valence-electron chi connectivity index (χ0n) is 12.8. The maximum absolute atomic E-state index is 13.1. The van der Waals surface area contributed by atoms with Crippen LogP contribution in [0.3, 0.4) is 0 Å². The number of aromatic hydroxyl groups is 1. The average molecular weight is 396 g/mol. The van der Waals surface area contributed by atoms with Crippen LogP contribution in [0.5, 0.6) is 11.5 Å².